The number of hydrogen-bond donors (Lipinski definition) is 3. The first-order chi connectivity index (χ1) is 16.7. The number of benzene rings is 3. The number of sulfonamides is 1. The van der Waals surface area contributed by atoms with Crippen LogP contribution in [0.3, 0.4) is 0 Å². The van der Waals surface area contributed by atoms with E-state index in [-0.39, 0.29) is 17.3 Å². The molecule has 0 aliphatic heterocycles. The van der Waals surface area contributed by atoms with Crippen LogP contribution in [0.4, 0.5) is 17.1 Å². The van der Waals surface area contributed by atoms with Gasteiger partial charge in [0.25, 0.3) is 0 Å². The number of furan rings is 1. The maximum atomic E-state index is 12.8. The van der Waals surface area contributed by atoms with E-state index in [0.29, 0.717) is 34.9 Å². The summed E-state index contributed by atoms with van der Waals surface area (Å²) in [5.41, 5.74) is 3.05. The van der Waals surface area contributed by atoms with Gasteiger partial charge in [0, 0.05) is 37.5 Å². The summed E-state index contributed by atoms with van der Waals surface area (Å²) in [5.74, 6) is 0.173. The molecule has 0 bridgehead atoms. The van der Waals surface area contributed by atoms with Crippen molar-refractivity contribution < 1.29 is 22.4 Å². The van der Waals surface area contributed by atoms with Gasteiger partial charge in [0.1, 0.15) is 16.9 Å². The fourth-order valence-electron chi connectivity index (χ4n) is 3.77. The van der Waals surface area contributed by atoms with Crippen molar-refractivity contribution in [1.29, 1.82) is 0 Å². The minimum atomic E-state index is -3.62. The van der Waals surface area contributed by atoms with Gasteiger partial charge in [0.05, 0.1) is 35.6 Å². The van der Waals surface area contributed by atoms with Crippen molar-refractivity contribution in [3.05, 3.63) is 54.6 Å². The van der Waals surface area contributed by atoms with E-state index in [0.717, 1.165) is 20.7 Å². The average Bonchev–Trinajstić information content (AvgIpc) is 3.20. The zero-order valence-electron chi connectivity index (χ0n) is 20.0. The highest BCUT2D eigenvalue weighted by Crippen LogP contribution is 2.36. The van der Waals surface area contributed by atoms with E-state index in [1.54, 1.807) is 12.1 Å². The Hall–Kier alpha value is -3.76. The van der Waals surface area contributed by atoms with Gasteiger partial charge in [-0.25, -0.2) is 12.7 Å². The highest BCUT2D eigenvalue weighted by atomic mass is 32.2. The van der Waals surface area contributed by atoms with E-state index in [1.807, 2.05) is 37.3 Å². The van der Waals surface area contributed by atoms with E-state index < -0.39 is 10.0 Å². The summed E-state index contributed by atoms with van der Waals surface area (Å²) in [6.07, 6.45) is 0. The molecule has 10 heteroatoms. The Kier molecular flexibility index (Phi) is 6.86. The number of fused-ring (bicyclic) bond motifs is 3. The van der Waals surface area contributed by atoms with Crippen LogP contribution in [0.5, 0.6) is 5.75 Å². The number of rotatable bonds is 9. The monoisotopic (exact) mass is 496 g/mol. The average molecular weight is 497 g/mol. The number of hydrogen-bond acceptors (Lipinski definition) is 7. The molecule has 1 aromatic heterocycles. The van der Waals surface area contributed by atoms with Crippen LogP contribution in [0, 0.1) is 0 Å². The normalized spacial score (nSPS) is 11.7. The largest absolute Gasteiger partial charge is 0.495 e. The zero-order valence-corrected chi connectivity index (χ0v) is 20.8. The number of nitrogens with one attached hydrogen (secondary N) is 3. The molecule has 0 saturated carbocycles. The minimum Gasteiger partial charge on any atom is -0.495 e. The summed E-state index contributed by atoms with van der Waals surface area (Å²) in [4.78, 5) is 12.9. The van der Waals surface area contributed by atoms with Crippen molar-refractivity contribution in [3.63, 3.8) is 0 Å². The Balaban J connectivity index is 1.56. The molecule has 4 aromatic rings. The highest BCUT2D eigenvalue weighted by molar-refractivity contribution is 7.89. The first-order valence-electron chi connectivity index (χ1n) is 11.1. The molecule has 0 atom stereocenters. The fraction of sp³-hybridized carbons (Fsp3) is 0.240. The smallest absolute Gasteiger partial charge is 0.243 e. The van der Waals surface area contributed by atoms with Crippen LogP contribution >= 0.6 is 0 Å². The van der Waals surface area contributed by atoms with Crippen LogP contribution in [0.15, 0.2) is 63.9 Å². The van der Waals surface area contributed by atoms with Gasteiger partial charge < -0.3 is 25.1 Å². The summed E-state index contributed by atoms with van der Waals surface area (Å²) in [6.45, 7) is 2.47. The van der Waals surface area contributed by atoms with Crippen LogP contribution < -0.4 is 20.7 Å². The number of para-hydroxylation sites is 1. The summed E-state index contributed by atoms with van der Waals surface area (Å²) in [5, 5.41) is 10.9. The van der Waals surface area contributed by atoms with Crippen LogP contribution in [0.1, 0.15) is 6.92 Å². The lowest BCUT2D eigenvalue weighted by atomic mass is 10.1. The van der Waals surface area contributed by atoms with Crippen molar-refractivity contribution >= 4 is 54.9 Å². The molecule has 0 spiro atoms. The van der Waals surface area contributed by atoms with Crippen molar-refractivity contribution in [2.45, 2.75) is 11.8 Å². The van der Waals surface area contributed by atoms with E-state index in [4.69, 9.17) is 9.15 Å². The molecule has 1 heterocycles. The van der Waals surface area contributed by atoms with Gasteiger partial charge in [-0.1, -0.05) is 18.2 Å². The van der Waals surface area contributed by atoms with Crippen molar-refractivity contribution in [1.82, 2.24) is 4.31 Å². The molecule has 0 fully saturated rings. The Morgan fingerprint density at radius 1 is 0.943 bits per heavy atom. The predicted molar refractivity (Wildman–Crippen MR) is 139 cm³/mol. The Bertz CT molecular complexity index is 1490. The molecule has 35 heavy (non-hydrogen) atoms. The first-order valence-corrected chi connectivity index (χ1v) is 12.5. The van der Waals surface area contributed by atoms with Crippen LogP contribution in [0.25, 0.3) is 21.9 Å². The minimum absolute atomic E-state index is 0.0921. The van der Waals surface area contributed by atoms with Crippen LogP contribution in [0.2, 0.25) is 0 Å². The van der Waals surface area contributed by atoms with Gasteiger partial charge >= 0.3 is 0 Å². The molecule has 0 aliphatic carbocycles. The van der Waals surface area contributed by atoms with Gasteiger partial charge in [-0.05, 0) is 37.3 Å². The molecular weight excluding hydrogens is 468 g/mol. The van der Waals surface area contributed by atoms with Gasteiger partial charge in [-0.2, -0.15) is 0 Å². The molecular formula is C25H28N4O5S. The van der Waals surface area contributed by atoms with Gasteiger partial charge in [-0.15, -0.1) is 0 Å². The van der Waals surface area contributed by atoms with Crippen molar-refractivity contribution in [3.8, 4) is 5.75 Å². The maximum Gasteiger partial charge on any atom is 0.243 e. The summed E-state index contributed by atoms with van der Waals surface area (Å²) >= 11 is 0. The molecule has 0 saturated heterocycles. The van der Waals surface area contributed by atoms with E-state index in [9.17, 15) is 13.2 Å². The summed E-state index contributed by atoms with van der Waals surface area (Å²) in [7, 11) is 0.862. The van der Waals surface area contributed by atoms with Crippen molar-refractivity contribution in [2.75, 3.05) is 50.2 Å². The third kappa shape index (κ3) is 4.89. The molecule has 0 aliphatic rings. The lowest BCUT2D eigenvalue weighted by Gasteiger charge is -2.17. The van der Waals surface area contributed by atoms with Gasteiger partial charge in [0.2, 0.25) is 15.9 Å². The number of carbonyl (C=O) groups is 1. The topological polar surface area (TPSA) is 113 Å². The third-order valence-electron chi connectivity index (χ3n) is 5.55. The second-order valence-corrected chi connectivity index (χ2v) is 10.2. The van der Waals surface area contributed by atoms with Crippen LogP contribution in [-0.4, -0.2) is 52.9 Å². The third-order valence-corrected chi connectivity index (χ3v) is 7.36. The van der Waals surface area contributed by atoms with Crippen LogP contribution in [-0.2, 0) is 14.8 Å². The molecule has 0 radical (unpaired) electrons. The molecule has 4 rings (SSSR count). The number of nitrogens with zero attached hydrogens (tertiary/aromatic N) is 1. The van der Waals surface area contributed by atoms with E-state index in [2.05, 4.69) is 16.0 Å². The fourth-order valence-corrected chi connectivity index (χ4v) is 4.70. The van der Waals surface area contributed by atoms with Gasteiger partial charge in [0.15, 0.2) is 0 Å². The second kappa shape index (κ2) is 9.85. The molecule has 0 unspecified atom stereocenters. The lowest BCUT2D eigenvalue weighted by Crippen LogP contribution is -2.24. The molecule has 1 amide bonds. The van der Waals surface area contributed by atoms with E-state index >= 15 is 0 Å². The SMILES string of the molecule is CCNc1ccc(S(=O)(=O)N(C)C)cc1NCC(=O)Nc1cc2oc3ccccc3c2cc1OC. The Morgan fingerprint density at radius 2 is 1.71 bits per heavy atom. The standard InChI is InChI=1S/C25H28N4O5S/c1-5-26-19-11-10-16(35(31,32)29(2)3)12-20(19)27-15-25(30)28-21-14-23-18(13-24(21)33-4)17-8-6-7-9-22(17)34-23/h6-14,26-27H,5,15H2,1-4H3,(H,28,30). The number of methoxy groups -OCH3 is 1. The maximum absolute atomic E-state index is 12.8. The first kappa shape index (κ1) is 24.4. The van der Waals surface area contributed by atoms with Crippen molar-refractivity contribution in [2.24, 2.45) is 0 Å². The number of carbonyl (C=O) groups excluding carboxylic acids is 1. The number of ether oxygens (including phenoxy) is 1. The summed E-state index contributed by atoms with van der Waals surface area (Å²) in [6, 6.07) is 16.0. The molecule has 9 nitrogen and oxygen atoms in total. The van der Waals surface area contributed by atoms with E-state index in [1.165, 1.54) is 33.3 Å². The quantitative estimate of drug-likeness (QED) is 0.316. The molecule has 3 aromatic carbocycles. The molecule has 184 valence electrons. The van der Waals surface area contributed by atoms with Gasteiger partial charge in [-0.3, -0.25) is 4.79 Å². The highest BCUT2D eigenvalue weighted by Gasteiger charge is 2.19. The Morgan fingerprint density at radius 3 is 2.43 bits per heavy atom. The molecule has 3 N–H and O–H groups in total. The number of amides is 1. The lowest BCUT2D eigenvalue weighted by molar-refractivity contribution is -0.114. The second-order valence-electron chi connectivity index (χ2n) is 8.07. The zero-order chi connectivity index (χ0) is 25.2. The summed E-state index contributed by atoms with van der Waals surface area (Å²) < 4.78 is 37.7. The predicted octanol–water partition coefficient (Wildman–Crippen LogP) is 4.33. The Labute approximate surface area is 204 Å². The number of anilines is 3.